The molecule has 0 saturated carbocycles. The molecule has 0 atom stereocenters. The fraction of sp³-hybridized carbons (Fsp3) is 0.0769. The van der Waals surface area contributed by atoms with E-state index < -0.39 is 0 Å². The van der Waals surface area contributed by atoms with Gasteiger partial charge in [0.25, 0.3) is 0 Å². The summed E-state index contributed by atoms with van der Waals surface area (Å²) in [5.41, 5.74) is 8.61. The van der Waals surface area contributed by atoms with E-state index in [0.29, 0.717) is 38.9 Å². The molecular weight excluding hydrogens is 290 g/mol. The summed E-state index contributed by atoms with van der Waals surface area (Å²) in [5, 5.41) is 6.54. The van der Waals surface area contributed by atoms with Crippen molar-refractivity contribution in [1.82, 2.24) is 29.7 Å². The van der Waals surface area contributed by atoms with E-state index in [1.807, 2.05) is 12.1 Å². The van der Waals surface area contributed by atoms with Crippen molar-refractivity contribution in [2.24, 2.45) is 7.05 Å². The van der Waals surface area contributed by atoms with Crippen molar-refractivity contribution >= 4 is 39.5 Å². The lowest BCUT2D eigenvalue weighted by Crippen LogP contribution is -1.95. The number of aryl methyl sites for hydroxylation is 1. The Morgan fingerprint density at radius 3 is 2.95 bits per heavy atom. The number of hydrogen-bond donors (Lipinski definition) is 2. The summed E-state index contributed by atoms with van der Waals surface area (Å²) in [6.07, 6.45) is 3.12. The lowest BCUT2D eigenvalue weighted by molar-refractivity contribution is 0.788. The van der Waals surface area contributed by atoms with Crippen LogP contribution in [-0.4, -0.2) is 29.7 Å². The number of fused-ring (bicyclic) bond motifs is 2. The molecule has 0 aliphatic carbocycles. The highest BCUT2D eigenvalue weighted by molar-refractivity contribution is 6.38. The van der Waals surface area contributed by atoms with E-state index in [0.717, 1.165) is 5.39 Å². The molecule has 0 fully saturated rings. The number of aromatic amines is 1. The number of pyridine rings is 1. The highest BCUT2D eigenvalue weighted by Crippen LogP contribution is 2.37. The Labute approximate surface area is 123 Å². The summed E-state index contributed by atoms with van der Waals surface area (Å²) >= 11 is 6.45. The second-order valence-electron chi connectivity index (χ2n) is 4.64. The molecule has 4 rings (SSSR count). The van der Waals surface area contributed by atoms with Crippen molar-refractivity contribution in [3.8, 4) is 11.4 Å². The van der Waals surface area contributed by atoms with Gasteiger partial charge in [-0.15, -0.1) is 0 Å². The zero-order valence-electron chi connectivity index (χ0n) is 11.0. The van der Waals surface area contributed by atoms with Gasteiger partial charge in [-0.2, -0.15) is 5.10 Å². The molecule has 0 unspecified atom stereocenters. The second-order valence-corrected chi connectivity index (χ2v) is 5.02. The molecule has 4 heterocycles. The molecule has 21 heavy (non-hydrogen) atoms. The van der Waals surface area contributed by atoms with Crippen molar-refractivity contribution < 1.29 is 0 Å². The van der Waals surface area contributed by atoms with Crippen LogP contribution in [-0.2, 0) is 7.05 Å². The maximum Gasteiger partial charge on any atom is 0.163 e. The van der Waals surface area contributed by atoms with Gasteiger partial charge in [0.15, 0.2) is 5.65 Å². The molecule has 0 amide bonds. The smallest absolute Gasteiger partial charge is 0.163 e. The molecule has 0 saturated heterocycles. The van der Waals surface area contributed by atoms with E-state index >= 15 is 0 Å². The van der Waals surface area contributed by atoms with E-state index in [-0.39, 0.29) is 0 Å². The number of nitrogens with one attached hydrogen (secondary N) is 1. The largest absolute Gasteiger partial charge is 0.383 e. The first-order chi connectivity index (χ1) is 10.2. The predicted octanol–water partition coefficient (Wildman–Crippen LogP) is 2.14. The number of hydrogen-bond acceptors (Lipinski definition) is 5. The van der Waals surface area contributed by atoms with E-state index in [1.165, 1.54) is 6.33 Å². The number of halogens is 1. The van der Waals surface area contributed by atoms with Crippen LogP contribution in [0.1, 0.15) is 0 Å². The van der Waals surface area contributed by atoms with Crippen LogP contribution in [0.2, 0.25) is 5.02 Å². The van der Waals surface area contributed by atoms with E-state index in [2.05, 4.69) is 25.0 Å². The number of aromatic nitrogens is 6. The maximum absolute atomic E-state index is 6.45. The molecule has 0 aromatic carbocycles. The van der Waals surface area contributed by atoms with E-state index in [1.54, 1.807) is 17.9 Å². The summed E-state index contributed by atoms with van der Waals surface area (Å²) in [6.45, 7) is 0. The SMILES string of the molecule is Cn1nc(-c2[nH]c3ncccc3c2Cl)c2c(N)ncnc21. The minimum absolute atomic E-state index is 0.366. The van der Waals surface area contributed by atoms with Gasteiger partial charge >= 0.3 is 0 Å². The van der Waals surface area contributed by atoms with Gasteiger partial charge in [-0.05, 0) is 12.1 Å². The summed E-state index contributed by atoms with van der Waals surface area (Å²) in [5.74, 6) is 0.366. The van der Waals surface area contributed by atoms with Crippen LogP contribution in [0.5, 0.6) is 0 Å². The molecule has 0 aliphatic heterocycles. The fourth-order valence-electron chi connectivity index (χ4n) is 2.44. The molecule has 0 aliphatic rings. The third-order valence-corrected chi connectivity index (χ3v) is 3.79. The third-order valence-electron chi connectivity index (χ3n) is 3.39. The molecule has 4 aromatic rings. The van der Waals surface area contributed by atoms with Crippen LogP contribution < -0.4 is 5.73 Å². The fourth-order valence-corrected chi connectivity index (χ4v) is 2.73. The highest BCUT2D eigenvalue weighted by Gasteiger charge is 2.20. The van der Waals surface area contributed by atoms with Crippen LogP contribution in [0.25, 0.3) is 33.5 Å². The van der Waals surface area contributed by atoms with Crippen LogP contribution in [0.4, 0.5) is 5.82 Å². The normalized spacial score (nSPS) is 11.5. The summed E-state index contributed by atoms with van der Waals surface area (Å²) < 4.78 is 1.65. The van der Waals surface area contributed by atoms with Gasteiger partial charge in [0.1, 0.15) is 23.5 Å². The van der Waals surface area contributed by atoms with Crippen molar-refractivity contribution in [1.29, 1.82) is 0 Å². The first kappa shape index (κ1) is 12.1. The Kier molecular flexibility index (Phi) is 2.40. The first-order valence-electron chi connectivity index (χ1n) is 6.22. The maximum atomic E-state index is 6.45. The zero-order chi connectivity index (χ0) is 14.6. The summed E-state index contributed by atoms with van der Waals surface area (Å²) in [7, 11) is 1.80. The first-order valence-corrected chi connectivity index (χ1v) is 6.60. The van der Waals surface area contributed by atoms with Crippen molar-refractivity contribution in [3.05, 3.63) is 29.7 Å². The number of nitrogen functional groups attached to an aromatic ring is 1. The number of nitrogens with two attached hydrogens (primary N) is 1. The van der Waals surface area contributed by atoms with Crippen LogP contribution >= 0.6 is 11.6 Å². The predicted molar refractivity (Wildman–Crippen MR) is 80.8 cm³/mol. The Bertz CT molecular complexity index is 985. The topological polar surface area (TPSA) is 98.3 Å². The lowest BCUT2D eigenvalue weighted by atomic mass is 10.2. The second kappa shape index (κ2) is 4.16. The zero-order valence-corrected chi connectivity index (χ0v) is 11.8. The number of rotatable bonds is 1. The Morgan fingerprint density at radius 1 is 1.29 bits per heavy atom. The number of H-pyrrole nitrogens is 1. The van der Waals surface area contributed by atoms with E-state index in [9.17, 15) is 0 Å². The van der Waals surface area contributed by atoms with Gasteiger partial charge in [-0.25, -0.2) is 19.6 Å². The average molecular weight is 300 g/mol. The van der Waals surface area contributed by atoms with Gasteiger partial charge in [0, 0.05) is 18.6 Å². The van der Waals surface area contributed by atoms with E-state index in [4.69, 9.17) is 17.3 Å². The molecule has 8 heteroatoms. The van der Waals surface area contributed by atoms with Crippen molar-refractivity contribution in [3.63, 3.8) is 0 Å². The molecule has 104 valence electrons. The van der Waals surface area contributed by atoms with Gasteiger partial charge in [0.2, 0.25) is 0 Å². The van der Waals surface area contributed by atoms with Crippen LogP contribution in [0.3, 0.4) is 0 Å². The Hall–Kier alpha value is -2.67. The monoisotopic (exact) mass is 299 g/mol. The van der Waals surface area contributed by atoms with Crippen molar-refractivity contribution in [2.45, 2.75) is 0 Å². The van der Waals surface area contributed by atoms with Gasteiger partial charge in [-0.1, -0.05) is 11.6 Å². The quantitative estimate of drug-likeness (QED) is 0.561. The van der Waals surface area contributed by atoms with Crippen LogP contribution in [0, 0.1) is 0 Å². The van der Waals surface area contributed by atoms with Gasteiger partial charge in [0.05, 0.1) is 16.1 Å². The Morgan fingerprint density at radius 2 is 2.14 bits per heavy atom. The molecule has 0 spiro atoms. The van der Waals surface area contributed by atoms with Gasteiger partial charge in [-0.3, -0.25) is 0 Å². The third kappa shape index (κ3) is 1.61. The summed E-state index contributed by atoms with van der Waals surface area (Å²) in [6, 6.07) is 3.73. The molecular formula is C13H10ClN7. The lowest BCUT2D eigenvalue weighted by Gasteiger charge is -1.97. The average Bonchev–Trinajstić information content (AvgIpc) is 2.99. The highest BCUT2D eigenvalue weighted by atomic mass is 35.5. The number of anilines is 1. The van der Waals surface area contributed by atoms with Crippen molar-refractivity contribution in [2.75, 3.05) is 5.73 Å². The molecule has 0 bridgehead atoms. The Balaban J connectivity index is 2.12. The minimum atomic E-state index is 0.366. The summed E-state index contributed by atoms with van der Waals surface area (Å²) in [4.78, 5) is 15.7. The molecule has 4 aromatic heterocycles. The molecule has 7 nitrogen and oxygen atoms in total. The number of nitrogens with zero attached hydrogens (tertiary/aromatic N) is 5. The molecule has 0 radical (unpaired) electrons. The molecule has 3 N–H and O–H groups in total. The standard InChI is InChI=1S/C13H10ClN7/c1-21-13-7(11(15)17-5-18-13)9(20-21)10-8(14)6-3-2-4-16-12(6)19-10/h2-5H,1H3,(H,16,19)(H2,15,17,18). The minimum Gasteiger partial charge on any atom is -0.383 e. The van der Waals surface area contributed by atoms with Gasteiger partial charge < -0.3 is 10.7 Å². The van der Waals surface area contributed by atoms with Crippen LogP contribution in [0.15, 0.2) is 24.7 Å².